The number of hydrogen-bond donors (Lipinski definition) is 1. The third kappa shape index (κ3) is 4.52. The molecular weight excluding hydrogens is 222 g/mol. The molecule has 1 N–H and O–H groups in total. The first-order valence-corrected chi connectivity index (χ1v) is 6.18. The van der Waals surface area contributed by atoms with Gasteiger partial charge in [0.05, 0.1) is 13.2 Å². The van der Waals surface area contributed by atoms with Crippen molar-refractivity contribution < 1.29 is 4.74 Å². The zero-order valence-corrected chi connectivity index (χ0v) is 10.8. The van der Waals surface area contributed by atoms with Gasteiger partial charge in [0.15, 0.2) is 0 Å². The second-order valence-corrected chi connectivity index (χ2v) is 4.23. The Morgan fingerprint density at radius 1 is 1.19 bits per heavy atom. The highest BCUT2D eigenvalue weighted by molar-refractivity contribution is 6.17. The molecule has 1 aromatic rings. The van der Waals surface area contributed by atoms with E-state index in [1.165, 1.54) is 16.7 Å². The standard InChI is InChI=1S/C13H20ClNO/c1-11-4-3-5-12(2)13(11)10-15-7-9-16-8-6-14/h3-5,15H,6-10H2,1-2H3. The molecule has 0 aliphatic heterocycles. The molecule has 16 heavy (non-hydrogen) atoms. The summed E-state index contributed by atoms with van der Waals surface area (Å²) in [6.07, 6.45) is 0. The van der Waals surface area contributed by atoms with Gasteiger partial charge in [-0.05, 0) is 30.5 Å². The molecule has 0 atom stereocenters. The molecule has 0 saturated heterocycles. The maximum atomic E-state index is 5.51. The molecule has 0 heterocycles. The smallest absolute Gasteiger partial charge is 0.0602 e. The molecule has 90 valence electrons. The van der Waals surface area contributed by atoms with Crippen LogP contribution >= 0.6 is 11.6 Å². The van der Waals surface area contributed by atoms with Gasteiger partial charge in [0.25, 0.3) is 0 Å². The van der Waals surface area contributed by atoms with Gasteiger partial charge < -0.3 is 10.1 Å². The van der Waals surface area contributed by atoms with Crippen LogP contribution in [0.4, 0.5) is 0 Å². The van der Waals surface area contributed by atoms with E-state index < -0.39 is 0 Å². The number of ether oxygens (including phenoxy) is 1. The zero-order chi connectivity index (χ0) is 11.8. The predicted molar refractivity (Wildman–Crippen MR) is 69.2 cm³/mol. The molecule has 0 bridgehead atoms. The van der Waals surface area contributed by atoms with Crippen LogP contribution in [0.1, 0.15) is 16.7 Å². The summed E-state index contributed by atoms with van der Waals surface area (Å²) in [6, 6.07) is 6.39. The molecule has 0 fully saturated rings. The van der Waals surface area contributed by atoms with Gasteiger partial charge in [0.2, 0.25) is 0 Å². The van der Waals surface area contributed by atoms with E-state index in [-0.39, 0.29) is 0 Å². The van der Waals surface area contributed by atoms with Gasteiger partial charge in [-0.2, -0.15) is 0 Å². The van der Waals surface area contributed by atoms with E-state index in [0.717, 1.165) is 19.7 Å². The zero-order valence-electron chi connectivity index (χ0n) is 10.1. The topological polar surface area (TPSA) is 21.3 Å². The normalized spacial score (nSPS) is 10.7. The molecule has 0 unspecified atom stereocenters. The largest absolute Gasteiger partial charge is 0.379 e. The number of hydrogen-bond acceptors (Lipinski definition) is 2. The number of halogens is 1. The number of aryl methyl sites for hydroxylation is 2. The lowest BCUT2D eigenvalue weighted by Crippen LogP contribution is -2.20. The first-order valence-electron chi connectivity index (χ1n) is 5.65. The highest BCUT2D eigenvalue weighted by Gasteiger charge is 2.00. The minimum Gasteiger partial charge on any atom is -0.379 e. The second kappa shape index (κ2) is 7.66. The summed E-state index contributed by atoms with van der Waals surface area (Å²) < 4.78 is 5.29. The fourth-order valence-electron chi connectivity index (χ4n) is 1.64. The monoisotopic (exact) mass is 241 g/mol. The van der Waals surface area contributed by atoms with Crippen molar-refractivity contribution >= 4 is 11.6 Å². The Morgan fingerprint density at radius 3 is 2.50 bits per heavy atom. The van der Waals surface area contributed by atoms with Crippen molar-refractivity contribution in [2.45, 2.75) is 20.4 Å². The van der Waals surface area contributed by atoms with Crippen molar-refractivity contribution in [1.29, 1.82) is 0 Å². The lowest BCUT2D eigenvalue weighted by molar-refractivity contribution is 0.151. The van der Waals surface area contributed by atoms with Crippen molar-refractivity contribution in [2.75, 3.05) is 25.6 Å². The number of benzene rings is 1. The molecule has 0 spiro atoms. The Kier molecular flexibility index (Phi) is 6.46. The van der Waals surface area contributed by atoms with Gasteiger partial charge in [-0.1, -0.05) is 18.2 Å². The quantitative estimate of drug-likeness (QED) is 0.586. The van der Waals surface area contributed by atoms with Gasteiger partial charge in [-0.3, -0.25) is 0 Å². The average Bonchev–Trinajstić information content (AvgIpc) is 2.26. The number of alkyl halides is 1. The van der Waals surface area contributed by atoms with Crippen LogP contribution in [0.25, 0.3) is 0 Å². The molecule has 1 aromatic carbocycles. The summed E-state index contributed by atoms with van der Waals surface area (Å²) in [7, 11) is 0. The van der Waals surface area contributed by atoms with Crippen molar-refractivity contribution in [3.63, 3.8) is 0 Å². The Morgan fingerprint density at radius 2 is 1.88 bits per heavy atom. The van der Waals surface area contributed by atoms with Crippen LogP contribution in [0.15, 0.2) is 18.2 Å². The maximum Gasteiger partial charge on any atom is 0.0602 e. The summed E-state index contributed by atoms with van der Waals surface area (Å²) in [6.45, 7) is 7.42. The molecule has 0 aliphatic rings. The first-order chi connectivity index (χ1) is 7.75. The molecule has 0 amide bonds. The van der Waals surface area contributed by atoms with Gasteiger partial charge in [0.1, 0.15) is 0 Å². The molecule has 0 aromatic heterocycles. The first kappa shape index (κ1) is 13.5. The molecular formula is C13H20ClNO. The van der Waals surface area contributed by atoms with Crippen LogP contribution in [-0.4, -0.2) is 25.6 Å². The summed E-state index contributed by atoms with van der Waals surface area (Å²) in [4.78, 5) is 0. The van der Waals surface area contributed by atoms with Gasteiger partial charge in [-0.25, -0.2) is 0 Å². The average molecular weight is 242 g/mol. The van der Waals surface area contributed by atoms with Gasteiger partial charge in [0, 0.05) is 19.0 Å². The van der Waals surface area contributed by atoms with Crippen LogP contribution < -0.4 is 5.32 Å². The van der Waals surface area contributed by atoms with Gasteiger partial charge >= 0.3 is 0 Å². The molecule has 2 nitrogen and oxygen atoms in total. The summed E-state index contributed by atoms with van der Waals surface area (Å²) in [5.41, 5.74) is 4.07. The Hall–Kier alpha value is -0.570. The van der Waals surface area contributed by atoms with Crippen molar-refractivity contribution in [1.82, 2.24) is 5.32 Å². The third-order valence-corrected chi connectivity index (χ3v) is 2.75. The Balaban J connectivity index is 2.26. The fourth-order valence-corrected chi connectivity index (χ4v) is 1.75. The van der Waals surface area contributed by atoms with E-state index in [1.807, 2.05) is 0 Å². The highest BCUT2D eigenvalue weighted by atomic mass is 35.5. The molecule has 0 aliphatic carbocycles. The minimum atomic E-state index is 0.566. The molecule has 3 heteroatoms. The van der Waals surface area contributed by atoms with Crippen LogP contribution in [0.5, 0.6) is 0 Å². The van der Waals surface area contributed by atoms with Crippen LogP contribution in [-0.2, 0) is 11.3 Å². The lowest BCUT2D eigenvalue weighted by atomic mass is 10.0. The third-order valence-electron chi connectivity index (χ3n) is 2.59. The SMILES string of the molecule is Cc1cccc(C)c1CNCCOCCCl. The van der Waals surface area contributed by atoms with Crippen LogP contribution in [0.3, 0.4) is 0 Å². The summed E-state index contributed by atoms with van der Waals surface area (Å²) in [5, 5.41) is 3.37. The number of nitrogens with one attached hydrogen (secondary N) is 1. The second-order valence-electron chi connectivity index (χ2n) is 3.85. The number of rotatable bonds is 7. The van der Waals surface area contributed by atoms with E-state index in [2.05, 4.69) is 37.4 Å². The minimum absolute atomic E-state index is 0.566. The predicted octanol–water partition coefficient (Wildman–Crippen LogP) is 2.65. The van der Waals surface area contributed by atoms with E-state index in [9.17, 15) is 0 Å². The Bertz CT molecular complexity index is 295. The van der Waals surface area contributed by atoms with Crippen molar-refractivity contribution in [3.8, 4) is 0 Å². The van der Waals surface area contributed by atoms with E-state index in [1.54, 1.807) is 0 Å². The summed E-state index contributed by atoms with van der Waals surface area (Å²) in [5.74, 6) is 0.566. The van der Waals surface area contributed by atoms with E-state index in [4.69, 9.17) is 16.3 Å². The van der Waals surface area contributed by atoms with Crippen molar-refractivity contribution in [2.24, 2.45) is 0 Å². The van der Waals surface area contributed by atoms with Gasteiger partial charge in [-0.15, -0.1) is 11.6 Å². The fraction of sp³-hybridized carbons (Fsp3) is 0.538. The van der Waals surface area contributed by atoms with E-state index >= 15 is 0 Å². The van der Waals surface area contributed by atoms with E-state index in [0.29, 0.717) is 12.5 Å². The highest BCUT2D eigenvalue weighted by Crippen LogP contribution is 2.12. The van der Waals surface area contributed by atoms with Crippen molar-refractivity contribution in [3.05, 3.63) is 34.9 Å². The lowest BCUT2D eigenvalue weighted by Gasteiger charge is -2.10. The molecule has 0 radical (unpaired) electrons. The summed E-state index contributed by atoms with van der Waals surface area (Å²) >= 11 is 5.51. The maximum absolute atomic E-state index is 5.51. The van der Waals surface area contributed by atoms with Crippen LogP contribution in [0.2, 0.25) is 0 Å². The Labute approximate surface area is 103 Å². The molecule has 1 rings (SSSR count). The van der Waals surface area contributed by atoms with Crippen LogP contribution in [0, 0.1) is 13.8 Å². The molecule has 0 saturated carbocycles.